The molecule has 3 N–H and O–H groups in total. The monoisotopic (exact) mass is 267 g/mol. The average Bonchev–Trinajstić information content (AvgIpc) is 2.36. The minimum atomic E-state index is -0.619. The molecule has 0 spiro atoms. The molecule has 1 unspecified atom stereocenters. The first-order valence-corrected chi connectivity index (χ1v) is 5.80. The van der Waals surface area contributed by atoms with Gasteiger partial charge in [-0.2, -0.15) is 0 Å². The van der Waals surface area contributed by atoms with E-state index in [4.69, 9.17) is 15.7 Å². The van der Waals surface area contributed by atoms with Gasteiger partial charge in [-0.3, -0.25) is 10.1 Å². The Morgan fingerprint density at radius 1 is 1.53 bits per heavy atom. The molecule has 0 bridgehead atoms. The van der Waals surface area contributed by atoms with E-state index in [9.17, 15) is 10.1 Å². The predicted octanol–water partition coefficient (Wildman–Crippen LogP) is 2.12. The van der Waals surface area contributed by atoms with Crippen molar-refractivity contribution in [3.05, 3.63) is 33.4 Å². The largest absolute Gasteiger partial charge is 0.482 e. The summed E-state index contributed by atoms with van der Waals surface area (Å²) < 4.78 is 5.57. The number of aryl methyl sites for hydroxylation is 2. The molecule has 0 aliphatic rings. The lowest BCUT2D eigenvalue weighted by Gasteiger charge is -2.17. The number of hydrogen-bond donors (Lipinski definition) is 2. The zero-order valence-electron chi connectivity index (χ0n) is 11.1. The summed E-state index contributed by atoms with van der Waals surface area (Å²) >= 11 is 0. The van der Waals surface area contributed by atoms with Crippen LogP contribution in [0.25, 0.3) is 0 Å². The summed E-state index contributed by atoms with van der Waals surface area (Å²) in [5, 5.41) is 22.4. The Bertz CT molecular complexity index is 514. The van der Waals surface area contributed by atoms with Crippen LogP contribution in [0.3, 0.4) is 0 Å². The van der Waals surface area contributed by atoms with Crippen molar-refractivity contribution in [2.45, 2.75) is 33.3 Å². The predicted molar refractivity (Wildman–Crippen MR) is 70.7 cm³/mol. The Balaban J connectivity index is 3.13. The topological polar surface area (TPSA) is 111 Å². The zero-order chi connectivity index (χ0) is 14.6. The van der Waals surface area contributed by atoms with Crippen molar-refractivity contribution in [3.63, 3.8) is 0 Å². The van der Waals surface area contributed by atoms with Crippen LogP contribution in [-0.2, 0) is 0 Å². The molecule has 1 aromatic carbocycles. The van der Waals surface area contributed by atoms with Crippen molar-refractivity contribution < 1.29 is 14.9 Å². The van der Waals surface area contributed by atoms with Gasteiger partial charge in [0.15, 0.2) is 11.9 Å². The molecule has 1 aromatic rings. The summed E-state index contributed by atoms with van der Waals surface area (Å²) in [4.78, 5) is 10.4. The fourth-order valence-electron chi connectivity index (χ4n) is 1.72. The van der Waals surface area contributed by atoms with Crippen LogP contribution in [0.5, 0.6) is 5.75 Å². The Labute approximate surface area is 110 Å². The van der Waals surface area contributed by atoms with Crippen LogP contribution >= 0.6 is 0 Å². The van der Waals surface area contributed by atoms with Gasteiger partial charge in [0.25, 0.3) is 5.69 Å². The van der Waals surface area contributed by atoms with Gasteiger partial charge in [0, 0.05) is 5.56 Å². The molecular weight excluding hydrogens is 250 g/mol. The number of nitrogens with zero attached hydrogens (tertiary/aromatic N) is 2. The Morgan fingerprint density at radius 3 is 2.63 bits per heavy atom. The van der Waals surface area contributed by atoms with E-state index in [1.807, 2.05) is 0 Å². The minimum absolute atomic E-state index is 0.0186. The van der Waals surface area contributed by atoms with E-state index in [2.05, 4.69) is 5.16 Å². The molecule has 0 aromatic heterocycles. The maximum absolute atomic E-state index is 10.9. The number of nitro groups is 1. The number of benzene rings is 1. The first-order valence-electron chi connectivity index (χ1n) is 5.80. The van der Waals surface area contributed by atoms with Crippen molar-refractivity contribution in [1.29, 1.82) is 0 Å². The van der Waals surface area contributed by atoms with Crippen LogP contribution in [0.15, 0.2) is 17.3 Å². The third kappa shape index (κ3) is 3.34. The molecule has 1 rings (SSSR count). The molecule has 0 heterocycles. The lowest BCUT2D eigenvalue weighted by molar-refractivity contribution is -0.385. The SMILES string of the molecule is CCC(Oc1cc([N+](=O)[O-])c(C)cc1C)/C(N)=N/O. The van der Waals surface area contributed by atoms with Crippen LogP contribution in [0.4, 0.5) is 5.69 Å². The average molecular weight is 267 g/mol. The lowest BCUT2D eigenvalue weighted by Crippen LogP contribution is -2.33. The standard InChI is InChI=1S/C12H17N3O4/c1-4-10(12(13)14-16)19-11-6-9(15(17)18)7(2)5-8(11)3/h5-6,10,16H,4H2,1-3H3,(H2,13,14). The van der Waals surface area contributed by atoms with Gasteiger partial charge in [-0.15, -0.1) is 0 Å². The molecule has 19 heavy (non-hydrogen) atoms. The number of rotatable bonds is 5. The first-order chi connectivity index (χ1) is 8.90. The highest BCUT2D eigenvalue weighted by molar-refractivity contribution is 5.84. The number of ether oxygens (including phenoxy) is 1. The molecule has 0 amide bonds. The smallest absolute Gasteiger partial charge is 0.276 e. The maximum atomic E-state index is 10.9. The van der Waals surface area contributed by atoms with Gasteiger partial charge in [0.2, 0.25) is 0 Å². The molecule has 1 atom stereocenters. The van der Waals surface area contributed by atoms with Gasteiger partial charge >= 0.3 is 0 Å². The van der Waals surface area contributed by atoms with E-state index >= 15 is 0 Å². The molecule has 0 saturated heterocycles. The highest BCUT2D eigenvalue weighted by atomic mass is 16.6. The van der Waals surface area contributed by atoms with Crippen molar-refractivity contribution in [3.8, 4) is 5.75 Å². The lowest BCUT2D eigenvalue weighted by atomic mass is 10.1. The van der Waals surface area contributed by atoms with Crippen molar-refractivity contribution in [2.75, 3.05) is 0 Å². The van der Waals surface area contributed by atoms with Crippen molar-refractivity contribution in [1.82, 2.24) is 0 Å². The third-order valence-corrected chi connectivity index (χ3v) is 2.78. The fraction of sp³-hybridized carbons (Fsp3) is 0.417. The summed E-state index contributed by atoms with van der Waals surface area (Å²) in [7, 11) is 0. The number of amidine groups is 1. The maximum Gasteiger partial charge on any atom is 0.276 e. The van der Waals surface area contributed by atoms with Crippen LogP contribution in [0, 0.1) is 24.0 Å². The molecule has 0 aliphatic carbocycles. The molecule has 0 aliphatic heterocycles. The number of hydrogen-bond acceptors (Lipinski definition) is 5. The van der Waals surface area contributed by atoms with Crippen LogP contribution in [0.1, 0.15) is 24.5 Å². The molecule has 0 radical (unpaired) electrons. The van der Waals surface area contributed by atoms with Crippen LogP contribution in [0.2, 0.25) is 0 Å². The van der Waals surface area contributed by atoms with Gasteiger partial charge < -0.3 is 15.7 Å². The normalized spacial score (nSPS) is 13.1. The van der Waals surface area contributed by atoms with Gasteiger partial charge in [0.1, 0.15) is 5.75 Å². The van der Waals surface area contributed by atoms with Crippen LogP contribution in [-0.4, -0.2) is 22.1 Å². The van der Waals surface area contributed by atoms with E-state index in [1.165, 1.54) is 6.07 Å². The second kappa shape index (κ2) is 6.03. The number of oxime groups is 1. The molecule has 7 heteroatoms. The number of nitrogens with two attached hydrogens (primary N) is 1. The van der Waals surface area contributed by atoms with Gasteiger partial charge in [-0.25, -0.2) is 0 Å². The summed E-state index contributed by atoms with van der Waals surface area (Å²) in [5.74, 6) is 0.292. The Hall–Kier alpha value is -2.31. The second-order valence-corrected chi connectivity index (χ2v) is 4.20. The van der Waals surface area contributed by atoms with E-state index in [-0.39, 0.29) is 11.5 Å². The summed E-state index contributed by atoms with van der Waals surface area (Å²) in [6, 6.07) is 3.03. The second-order valence-electron chi connectivity index (χ2n) is 4.20. The summed E-state index contributed by atoms with van der Waals surface area (Å²) in [6.07, 6.45) is -0.136. The summed E-state index contributed by atoms with van der Waals surface area (Å²) in [6.45, 7) is 5.25. The molecular formula is C12H17N3O4. The quantitative estimate of drug-likeness (QED) is 0.279. The molecule has 0 saturated carbocycles. The van der Waals surface area contributed by atoms with Gasteiger partial charge in [-0.05, 0) is 31.9 Å². The summed E-state index contributed by atoms with van der Waals surface area (Å²) in [5.41, 5.74) is 6.79. The first kappa shape index (κ1) is 14.7. The molecule has 0 fully saturated rings. The van der Waals surface area contributed by atoms with E-state index in [0.717, 1.165) is 5.56 Å². The van der Waals surface area contributed by atoms with Crippen LogP contribution < -0.4 is 10.5 Å². The highest BCUT2D eigenvalue weighted by Gasteiger charge is 2.19. The Kier molecular flexibility index (Phi) is 4.68. The molecule has 104 valence electrons. The van der Waals surface area contributed by atoms with Gasteiger partial charge in [-0.1, -0.05) is 12.1 Å². The number of nitro benzene ring substituents is 1. The van der Waals surface area contributed by atoms with Crippen molar-refractivity contribution >= 4 is 11.5 Å². The minimum Gasteiger partial charge on any atom is -0.482 e. The van der Waals surface area contributed by atoms with E-state index < -0.39 is 11.0 Å². The van der Waals surface area contributed by atoms with Crippen molar-refractivity contribution in [2.24, 2.45) is 10.9 Å². The third-order valence-electron chi connectivity index (χ3n) is 2.78. The highest BCUT2D eigenvalue weighted by Crippen LogP contribution is 2.29. The fourth-order valence-corrected chi connectivity index (χ4v) is 1.72. The van der Waals surface area contributed by atoms with Gasteiger partial charge in [0.05, 0.1) is 11.0 Å². The molecule has 7 nitrogen and oxygen atoms in total. The Morgan fingerprint density at radius 2 is 2.16 bits per heavy atom. The van der Waals surface area contributed by atoms with E-state index in [0.29, 0.717) is 17.7 Å². The zero-order valence-corrected chi connectivity index (χ0v) is 11.1. The van der Waals surface area contributed by atoms with E-state index in [1.54, 1.807) is 26.8 Å².